The Bertz CT molecular complexity index is 632. The van der Waals surface area contributed by atoms with Crippen molar-refractivity contribution < 1.29 is 9.66 Å². The average Bonchev–Trinajstić information content (AvgIpc) is 2.46. The van der Waals surface area contributed by atoms with Crippen molar-refractivity contribution in [2.45, 2.75) is 6.54 Å². The standard InChI is InChI=1S/C14H13BrN2O3/c1-20-14-8-11(5-6-13(14)15)16-9-10-3-2-4-12(7-10)17(18)19/h2-8,16H,9H2,1H3. The van der Waals surface area contributed by atoms with Crippen LogP contribution >= 0.6 is 15.9 Å². The highest BCUT2D eigenvalue weighted by molar-refractivity contribution is 9.10. The maximum Gasteiger partial charge on any atom is 0.269 e. The molecule has 0 radical (unpaired) electrons. The van der Waals surface area contributed by atoms with Crippen LogP contribution in [-0.4, -0.2) is 12.0 Å². The molecule has 2 aromatic rings. The first kappa shape index (κ1) is 14.3. The van der Waals surface area contributed by atoms with Crippen LogP contribution in [0, 0.1) is 10.1 Å². The number of anilines is 1. The fourth-order valence-corrected chi connectivity index (χ4v) is 2.16. The largest absolute Gasteiger partial charge is 0.495 e. The number of nitro groups is 1. The predicted molar refractivity (Wildman–Crippen MR) is 81.1 cm³/mol. The molecule has 104 valence electrons. The van der Waals surface area contributed by atoms with E-state index in [1.165, 1.54) is 6.07 Å². The number of rotatable bonds is 5. The molecule has 0 aromatic heterocycles. The minimum absolute atomic E-state index is 0.0951. The summed E-state index contributed by atoms with van der Waals surface area (Å²) in [6.45, 7) is 0.506. The number of nitro benzene ring substituents is 1. The van der Waals surface area contributed by atoms with Crippen molar-refractivity contribution in [2.75, 3.05) is 12.4 Å². The summed E-state index contributed by atoms with van der Waals surface area (Å²) in [5.41, 5.74) is 1.83. The Hall–Kier alpha value is -2.08. The van der Waals surface area contributed by atoms with Crippen LogP contribution in [0.3, 0.4) is 0 Å². The molecule has 0 saturated heterocycles. The number of non-ortho nitro benzene ring substituents is 1. The molecule has 0 fully saturated rings. The van der Waals surface area contributed by atoms with Crippen molar-refractivity contribution in [3.63, 3.8) is 0 Å². The van der Waals surface area contributed by atoms with E-state index in [4.69, 9.17) is 4.74 Å². The van der Waals surface area contributed by atoms with Crippen molar-refractivity contribution >= 4 is 27.3 Å². The van der Waals surface area contributed by atoms with Crippen molar-refractivity contribution in [1.29, 1.82) is 0 Å². The van der Waals surface area contributed by atoms with Crippen molar-refractivity contribution in [3.8, 4) is 5.75 Å². The Balaban J connectivity index is 2.08. The molecule has 0 aliphatic heterocycles. The quantitative estimate of drug-likeness (QED) is 0.662. The topological polar surface area (TPSA) is 64.4 Å². The molecule has 0 spiro atoms. The van der Waals surface area contributed by atoms with E-state index >= 15 is 0 Å². The minimum Gasteiger partial charge on any atom is -0.495 e. The summed E-state index contributed by atoms with van der Waals surface area (Å²) in [4.78, 5) is 10.3. The second-order valence-electron chi connectivity index (χ2n) is 4.13. The van der Waals surface area contributed by atoms with Gasteiger partial charge in [0, 0.05) is 30.4 Å². The van der Waals surface area contributed by atoms with Crippen molar-refractivity contribution in [3.05, 3.63) is 62.6 Å². The van der Waals surface area contributed by atoms with Gasteiger partial charge in [-0.15, -0.1) is 0 Å². The zero-order chi connectivity index (χ0) is 14.5. The maximum atomic E-state index is 10.7. The minimum atomic E-state index is -0.397. The summed E-state index contributed by atoms with van der Waals surface area (Å²) in [7, 11) is 1.60. The Morgan fingerprint density at radius 1 is 1.30 bits per heavy atom. The summed E-state index contributed by atoms with van der Waals surface area (Å²) >= 11 is 3.38. The number of nitrogens with zero attached hydrogens (tertiary/aromatic N) is 1. The Morgan fingerprint density at radius 3 is 2.80 bits per heavy atom. The van der Waals surface area contributed by atoms with E-state index in [-0.39, 0.29) is 5.69 Å². The van der Waals surface area contributed by atoms with Gasteiger partial charge in [0.2, 0.25) is 0 Å². The lowest BCUT2D eigenvalue weighted by molar-refractivity contribution is -0.384. The molecule has 0 atom stereocenters. The molecule has 2 rings (SSSR count). The van der Waals surface area contributed by atoms with Crippen LogP contribution in [0.2, 0.25) is 0 Å². The maximum absolute atomic E-state index is 10.7. The number of methoxy groups -OCH3 is 1. The van der Waals surface area contributed by atoms with Gasteiger partial charge in [0.15, 0.2) is 0 Å². The Labute approximate surface area is 124 Å². The molecule has 0 aliphatic rings. The molecule has 2 aromatic carbocycles. The first-order chi connectivity index (χ1) is 9.60. The predicted octanol–water partition coefficient (Wildman–Crippen LogP) is 3.98. The SMILES string of the molecule is COc1cc(NCc2cccc([N+](=O)[O-])c2)ccc1Br. The van der Waals surface area contributed by atoms with Crippen molar-refractivity contribution in [2.24, 2.45) is 0 Å². The van der Waals surface area contributed by atoms with Gasteiger partial charge >= 0.3 is 0 Å². The molecular formula is C14H13BrN2O3. The second-order valence-corrected chi connectivity index (χ2v) is 4.98. The molecule has 6 heteroatoms. The number of ether oxygens (including phenoxy) is 1. The number of halogens is 1. The molecule has 0 amide bonds. The van der Waals surface area contributed by atoms with E-state index in [1.807, 2.05) is 24.3 Å². The van der Waals surface area contributed by atoms with E-state index in [2.05, 4.69) is 21.2 Å². The molecule has 0 heterocycles. The van der Waals surface area contributed by atoms with Gasteiger partial charge in [-0.25, -0.2) is 0 Å². The smallest absolute Gasteiger partial charge is 0.269 e. The molecule has 0 aliphatic carbocycles. The third-order valence-electron chi connectivity index (χ3n) is 2.77. The highest BCUT2D eigenvalue weighted by atomic mass is 79.9. The molecule has 20 heavy (non-hydrogen) atoms. The number of nitrogens with one attached hydrogen (secondary N) is 1. The summed E-state index contributed by atoms with van der Waals surface area (Å²) in [6, 6.07) is 12.2. The van der Waals surface area contributed by atoms with Gasteiger partial charge in [-0.3, -0.25) is 10.1 Å². The lowest BCUT2D eigenvalue weighted by Crippen LogP contribution is -2.00. The zero-order valence-electron chi connectivity index (χ0n) is 10.8. The highest BCUT2D eigenvalue weighted by Gasteiger charge is 2.06. The molecule has 0 saturated carbocycles. The van der Waals surface area contributed by atoms with Crippen LogP contribution < -0.4 is 10.1 Å². The second kappa shape index (κ2) is 6.38. The van der Waals surface area contributed by atoms with Gasteiger partial charge in [0.1, 0.15) is 5.75 Å². The first-order valence-corrected chi connectivity index (χ1v) is 6.70. The zero-order valence-corrected chi connectivity index (χ0v) is 12.4. The molecular weight excluding hydrogens is 324 g/mol. The van der Waals surface area contributed by atoms with Crippen molar-refractivity contribution in [1.82, 2.24) is 0 Å². The third-order valence-corrected chi connectivity index (χ3v) is 3.42. The number of hydrogen-bond donors (Lipinski definition) is 1. The van der Waals surface area contributed by atoms with Gasteiger partial charge < -0.3 is 10.1 Å². The Morgan fingerprint density at radius 2 is 2.10 bits per heavy atom. The normalized spacial score (nSPS) is 10.1. The van der Waals surface area contributed by atoms with Crippen LogP contribution in [0.4, 0.5) is 11.4 Å². The lowest BCUT2D eigenvalue weighted by Gasteiger charge is -2.09. The molecule has 1 N–H and O–H groups in total. The number of hydrogen-bond acceptors (Lipinski definition) is 4. The monoisotopic (exact) mass is 336 g/mol. The molecule has 5 nitrogen and oxygen atoms in total. The first-order valence-electron chi connectivity index (χ1n) is 5.91. The Kier molecular flexibility index (Phi) is 4.57. The van der Waals surface area contributed by atoms with Crippen LogP contribution in [0.5, 0.6) is 5.75 Å². The summed E-state index contributed by atoms with van der Waals surface area (Å²) in [6.07, 6.45) is 0. The van der Waals surface area contributed by atoms with Gasteiger partial charge in [-0.2, -0.15) is 0 Å². The van der Waals surface area contributed by atoms with E-state index in [1.54, 1.807) is 19.2 Å². The highest BCUT2D eigenvalue weighted by Crippen LogP contribution is 2.28. The van der Waals surface area contributed by atoms with Gasteiger partial charge in [-0.1, -0.05) is 12.1 Å². The van der Waals surface area contributed by atoms with Gasteiger partial charge in [0.25, 0.3) is 5.69 Å². The number of benzene rings is 2. The van der Waals surface area contributed by atoms with Crippen LogP contribution in [0.25, 0.3) is 0 Å². The van der Waals surface area contributed by atoms with E-state index in [0.29, 0.717) is 6.54 Å². The van der Waals surface area contributed by atoms with E-state index in [0.717, 1.165) is 21.5 Å². The fourth-order valence-electron chi connectivity index (χ4n) is 1.75. The summed E-state index contributed by atoms with van der Waals surface area (Å²) in [5.74, 6) is 0.731. The van der Waals surface area contributed by atoms with Crippen LogP contribution in [0.15, 0.2) is 46.9 Å². The molecule has 0 bridgehead atoms. The average molecular weight is 337 g/mol. The van der Waals surface area contributed by atoms with Gasteiger partial charge in [-0.05, 0) is 33.6 Å². The summed E-state index contributed by atoms with van der Waals surface area (Å²) < 4.78 is 6.09. The lowest BCUT2D eigenvalue weighted by atomic mass is 10.2. The third kappa shape index (κ3) is 3.48. The van der Waals surface area contributed by atoms with Gasteiger partial charge in [0.05, 0.1) is 16.5 Å². The van der Waals surface area contributed by atoms with Crippen LogP contribution in [-0.2, 0) is 6.54 Å². The van der Waals surface area contributed by atoms with Crippen LogP contribution in [0.1, 0.15) is 5.56 Å². The van der Waals surface area contributed by atoms with E-state index < -0.39 is 4.92 Å². The molecule has 0 unspecified atom stereocenters. The van der Waals surface area contributed by atoms with E-state index in [9.17, 15) is 10.1 Å². The summed E-state index contributed by atoms with van der Waals surface area (Å²) in [5, 5.41) is 13.9. The fraction of sp³-hybridized carbons (Fsp3) is 0.143.